The molecular formula is C17H14ClFO4. The van der Waals surface area contributed by atoms with Gasteiger partial charge >= 0.3 is 5.97 Å². The Hall–Kier alpha value is -2.40. The smallest absolute Gasteiger partial charge is 0.315 e. The van der Waals surface area contributed by atoms with Crippen molar-refractivity contribution >= 4 is 23.4 Å². The van der Waals surface area contributed by atoms with E-state index in [1.165, 1.54) is 50.4 Å². The monoisotopic (exact) mass is 336 g/mol. The Morgan fingerprint density at radius 2 is 1.91 bits per heavy atom. The third-order valence-electron chi connectivity index (χ3n) is 3.18. The summed E-state index contributed by atoms with van der Waals surface area (Å²) in [4.78, 5) is 23.3. The maximum absolute atomic E-state index is 13.7. The number of benzene rings is 2. The van der Waals surface area contributed by atoms with Crippen molar-refractivity contribution in [1.29, 1.82) is 0 Å². The predicted octanol–water partition coefficient (Wildman–Crippen LogP) is 3.84. The van der Waals surface area contributed by atoms with Crippen LogP contribution in [0.5, 0.6) is 11.5 Å². The van der Waals surface area contributed by atoms with Gasteiger partial charge in [-0.3, -0.25) is 9.59 Å². The van der Waals surface area contributed by atoms with E-state index < -0.39 is 11.8 Å². The molecule has 0 amide bonds. The van der Waals surface area contributed by atoms with Crippen molar-refractivity contribution in [2.45, 2.75) is 13.3 Å². The highest BCUT2D eigenvalue weighted by Gasteiger charge is 2.16. The maximum Gasteiger partial charge on any atom is 0.315 e. The van der Waals surface area contributed by atoms with Gasteiger partial charge in [0.25, 0.3) is 0 Å². The minimum Gasteiger partial charge on any atom is -0.493 e. The first-order valence-corrected chi connectivity index (χ1v) is 7.12. The van der Waals surface area contributed by atoms with E-state index in [1.54, 1.807) is 0 Å². The fourth-order valence-electron chi connectivity index (χ4n) is 1.98. The third-order valence-corrected chi connectivity index (χ3v) is 3.53. The summed E-state index contributed by atoms with van der Waals surface area (Å²) in [5, 5.41) is 0.154. The number of halogens is 2. The highest BCUT2D eigenvalue weighted by molar-refractivity contribution is 6.31. The van der Waals surface area contributed by atoms with Crippen molar-refractivity contribution < 1.29 is 23.5 Å². The Morgan fingerprint density at radius 1 is 1.17 bits per heavy atom. The Balaban J connectivity index is 2.19. The molecule has 0 spiro atoms. The van der Waals surface area contributed by atoms with Crippen LogP contribution in [0, 0.1) is 5.82 Å². The molecule has 0 aromatic heterocycles. The van der Waals surface area contributed by atoms with Gasteiger partial charge in [-0.15, -0.1) is 0 Å². The molecule has 4 nitrogen and oxygen atoms in total. The van der Waals surface area contributed by atoms with E-state index >= 15 is 0 Å². The van der Waals surface area contributed by atoms with Crippen LogP contribution >= 0.6 is 11.6 Å². The Morgan fingerprint density at radius 3 is 2.52 bits per heavy atom. The zero-order chi connectivity index (χ0) is 17.0. The van der Waals surface area contributed by atoms with Gasteiger partial charge in [0.1, 0.15) is 5.82 Å². The van der Waals surface area contributed by atoms with Gasteiger partial charge in [-0.1, -0.05) is 17.7 Å². The molecule has 120 valence electrons. The molecule has 2 rings (SSSR count). The van der Waals surface area contributed by atoms with Crippen LogP contribution in [-0.4, -0.2) is 18.9 Å². The molecular weight excluding hydrogens is 323 g/mol. The second kappa shape index (κ2) is 7.24. The molecule has 6 heteroatoms. The van der Waals surface area contributed by atoms with Gasteiger partial charge in [0.15, 0.2) is 17.3 Å². The van der Waals surface area contributed by atoms with Crippen LogP contribution in [0.15, 0.2) is 36.4 Å². The number of rotatable bonds is 5. The summed E-state index contributed by atoms with van der Waals surface area (Å²) in [6.45, 7) is 1.42. The summed E-state index contributed by atoms with van der Waals surface area (Å²) in [5.74, 6) is -1.01. The molecule has 0 atom stereocenters. The zero-order valence-electron chi connectivity index (χ0n) is 12.6. The van der Waals surface area contributed by atoms with E-state index in [9.17, 15) is 14.0 Å². The van der Waals surface area contributed by atoms with E-state index in [1.807, 2.05) is 0 Å². The minimum atomic E-state index is -0.689. The topological polar surface area (TPSA) is 52.6 Å². The van der Waals surface area contributed by atoms with Gasteiger partial charge in [-0.2, -0.15) is 0 Å². The van der Waals surface area contributed by atoms with E-state index in [-0.39, 0.29) is 34.3 Å². The molecule has 23 heavy (non-hydrogen) atoms. The molecule has 0 unspecified atom stereocenters. The summed E-state index contributed by atoms with van der Waals surface area (Å²) in [6.07, 6.45) is -0.316. The van der Waals surface area contributed by atoms with Gasteiger partial charge in [0.2, 0.25) is 0 Å². The molecule has 2 aromatic rings. The number of carbonyl (C=O) groups is 2. The number of esters is 1. The number of methoxy groups -OCH3 is 1. The lowest BCUT2D eigenvalue weighted by Crippen LogP contribution is -2.13. The number of Topliss-reactive ketones (excluding diaryl/α,β-unsaturated/α-hetero) is 1. The quantitative estimate of drug-likeness (QED) is 0.473. The second-order valence-corrected chi connectivity index (χ2v) is 5.18. The first kappa shape index (κ1) is 17.0. The summed E-state index contributed by atoms with van der Waals surface area (Å²) >= 11 is 5.88. The van der Waals surface area contributed by atoms with E-state index in [0.717, 1.165) is 0 Å². The molecule has 0 aliphatic carbocycles. The van der Waals surface area contributed by atoms with Crippen molar-refractivity contribution in [2.75, 3.05) is 7.11 Å². The van der Waals surface area contributed by atoms with Gasteiger partial charge in [0, 0.05) is 16.1 Å². The van der Waals surface area contributed by atoms with Crippen LogP contribution in [0.25, 0.3) is 0 Å². The average molecular weight is 337 g/mol. The second-order valence-electron chi connectivity index (χ2n) is 4.77. The third kappa shape index (κ3) is 4.07. The normalized spacial score (nSPS) is 10.3. The van der Waals surface area contributed by atoms with Gasteiger partial charge in [0.05, 0.1) is 13.5 Å². The van der Waals surface area contributed by atoms with Crippen molar-refractivity contribution in [3.05, 3.63) is 58.4 Å². The zero-order valence-corrected chi connectivity index (χ0v) is 13.3. The largest absolute Gasteiger partial charge is 0.493 e. The Bertz CT molecular complexity index is 738. The summed E-state index contributed by atoms with van der Waals surface area (Å²) < 4.78 is 24.0. The number of hydrogen-bond donors (Lipinski definition) is 0. The molecule has 0 fully saturated rings. The van der Waals surface area contributed by atoms with Crippen LogP contribution in [0.1, 0.15) is 22.8 Å². The van der Waals surface area contributed by atoms with E-state index in [2.05, 4.69) is 0 Å². The average Bonchev–Trinajstić information content (AvgIpc) is 2.51. The van der Waals surface area contributed by atoms with E-state index in [0.29, 0.717) is 5.56 Å². The SMILES string of the molecule is COc1cc(C(C)=O)ccc1OC(=O)Cc1c(F)cccc1Cl. The molecule has 0 aliphatic heterocycles. The van der Waals surface area contributed by atoms with Gasteiger partial charge in [-0.25, -0.2) is 4.39 Å². The summed E-state index contributed by atoms with van der Waals surface area (Å²) in [6, 6.07) is 8.61. The first-order chi connectivity index (χ1) is 10.9. The van der Waals surface area contributed by atoms with Crippen LogP contribution in [0.2, 0.25) is 5.02 Å². The van der Waals surface area contributed by atoms with Crippen LogP contribution < -0.4 is 9.47 Å². The minimum absolute atomic E-state index is 0.0680. The number of ketones is 1. The molecule has 0 heterocycles. The lowest BCUT2D eigenvalue weighted by Gasteiger charge is -2.11. The van der Waals surface area contributed by atoms with Crippen molar-refractivity contribution in [3.63, 3.8) is 0 Å². The fraction of sp³-hybridized carbons (Fsp3) is 0.176. The summed E-state index contributed by atoms with van der Waals surface area (Å²) in [7, 11) is 1.39. The predicted molar refractivity (Wildman–Crippen MR) is 83.7 cm³/mol. The van der Waals surface area contributed by atoms with Crippen molar-refractivity contribution in [3.8, 4) is 11.5 Å². The fourth-order valence-corrected chi connectivity index (χ4v) is 2.20. The number of hydrogen-bond acceptors (Lipinski definition) is 4. The highest BCUT2D eigenvalue weighted by Crippen LogP contribution is 2.29. The van der Waals surface area contributed by atoms with Crippen molar-refractivity contribution in [1.82, 2.24) is 0 Å². The Labute approximate surface area is 137 Å². The number of carbonyl (C=O) groups excluding carboxylic acids is 2. The van der Waals surface area contributed by atoms with Crippen LogP contribution in [-0.2, 0) is 11.2 Å². The lowest BCUT2D eigenvalue weighted by atomic mass is 10.1. The first-order valence-electron chi connectivity index (χ1n) is 6.75. The van der Waals surface area contributed by atoms with Crippen LogP contribution in [0.3, 0.4) is 0 Å². The Kier molecular flexibility index (Phi) is 5.34. The molecule has 0 aliphatic rings. The maximum atomic E-state index is 13.7. The number of ether oxygens (including phenoxy) is 2. The van der Waals surface area contributed by atoms with E-state index in [4.69, 9.17) is 21.1 Å². The molecule has 0 N–H and O–H groups in total. The highest BCUT2D eigenvalue weighted by atomic mass is 35.5. The molecule has 0 bridgehead atoms. The molecule has 2 aromatic carbocycles. The standard InChI is InChI=1S/C17H14ClFO4/c1-10(20)11-6-7-15(16(8-11)22-2)23-17(21)9-12-13(18)4-3-5-14(12)19/h3-8H,9H2,1-2H3. The summed E-state index contributed by atoms with van der Waals surface area (Å²) in [5.41, 5.74) is 0.497. The molecule has 0 saturated heterocycles. The lowest BCUT2D eigenvalue weighted by molar-refractivity contribution is -0.133. The van der Waals surface area contributed by atoms with Crippen molar-refractivity contribution in [2.24, 2.45) is 0 Å². The van der Waals surface area contributed by atoms with Gasteiger partial charge in [-0.05, 0) is 37.3 Å². The van der Waals surface area contributed by atoms with Gasteiger partial charge < -0.3 is 9.47 Å². The molecule has 0 radical (unpaired) electrons. The molecule has 0 saturated carbocycles. The van der Waals surface area contributed by atoms with Crippen LogP contribution in [0.4, 0.5) is 4.39 Å².